The van der Waals surface area contributed by atoms with E-state index >= 15 is 0 Å². The van der Waals surface area contributed by atoms with Gasteiger partial charge in [-0.15, -0.1) is 0 Å². The van der Waals surface area contributed by atoms with Crippen molar-refractivity contribution in [1.29, 1.82) is 0 Å². The fourth-order valence-corrected chi connectivity index (χ4v) is 4.71. The minimum Gasteiger partial charge on any atom is -0.450 e. The molecule has 132 valence electrons. The molecule has 3 rings (SSSR count). The van der Waals surface area contributed by atoms with Crippen LogP contribution in [0.1, 0.15) is 27.2 Å². The molecule has 7 nitrogen and oxygen atoms in total. The lowest BCUT2D eigenvalue weighted by atomic mass is 9.76. The van der Waals surface area contributed by atoms with E-state index in [1.165, 1.54) is 0 Å². The molecule has 1 amide bonds. The molecule has 23 heavy (non-hydrogen) atoms. The molecule has 3 fully saturated rings. The first-order chi connectivity index (χ1) is 11.1. The van der Waals surface area contributed by atoms with Crippen LogP contribution in [-0.4, -0.2) is 61.7 Å². The Labute approximate surface area is 136 Å². The average molecular weight is 329 g/mol. The van der Waals surface area contributed by atoms with E-state index in [2.05, 4.69) is 5.32 Å². The zero-order valence-corrected chi connectivity index (χ0v) is 14.0. The highest BCUT2D eigenvalue weighted by Gasteiger charge is 2.69. The number of hydrogen-bond donors (Lipinski definition) is 2. The van der Waals surface area contributed by atoms with E-state index in [1.807, 2.05) is 13.8 Å². The first kappa shape index (κ1) is 17.0. The van der Waals surface area contributed by atoms with E-state index in [1.54, 1.807) is 6.92 Å². The molecular formula is C16H27NO6. The molecule has 2 saturated carbocycles. The number of nitrogens with one attached hydrogen (secondary N) is 1. The summed E-state index contributed by atoms with van der Waals surface area (Å²) in [5.41, 5.74) is 0. The standard InChI is InChI=1S/C16H27NO6/c1-4-20-15(19)17-13-10-8-21-11-7-9(10)14(18)12(13)16(11,22-5-2)23-6-3/h9-14,18H,4-8H2,1-3H3,(H,17,19)/t9-,10+,11+,12+,13-,14+/m1/s1. The van der Waals surface area contributed by atoms with Crippen LogP contribution in [0.2, 0.25) is 0 Å². The fourth-order valence-electron chi connectivity index (χ4n) is 4.71. The normalized spacial score (nSPS) is 40.2. The molecule has 0 radical (unpaired) electrons. The van der Waals surface area contributed by atoms with Crippen molar-refractivity contribution in [3.63, 3.8) is 0 Å². The predicted octanol–water partition coefficient (Wildman–Crippen LogP) is 0.896. The van der Waals surface area contributed by atoms with Crippen LogP contribution in [0.3, 0.4) is 0 Å². The van der Waals surface area contributed by atoms with Crippen molar-refractivity contribution in [3.05, 3.63) is 0 Å². The maximum atomic E-state index is 12.0. The van der Waals surface area contributed by atoms with Gasteiger partial charge in [-0.05, 0) is 33.1 Å². The van der Waals surface area contributed by atoms with Crippen molar-refractivity contribution in [1.82, 2.24) is 5.32 Å². The van der Waals surface area contributed by atoms with Gasteiger partial charge in [-0.3, -0.25) is 0 Å². The molecule has 0 unspecified atom stereocenters. The van der Waals surface area contributed by atoms with Gasteiger partial charge in [0.15, 0.2) is 0 Å². The molecule has 0 aromatic carbocycles. The van der Waals surface area contributed by atoms with Crippen molar-refractivity contribution >= 4 is 6.09 Å². The quantitative estimate of drug-likeness (QED) is 0.704. The van der Waals surface area contributed by atoms with Crippen molar-refractivity contribution < 1.29 is 28.8 Å². The first-order valence-electron chi connectivity index (χ1n) is 8.59. The molecule has 0 aromatic rings. The summed E-state index contributed by atoms with van der Waals surface area (Å²) in [4.78, 5) is 12.0. The Morgan fingerprint density at radius 2 is 1.91 bits per heavy atom. The third-order valence-corrected chi connectivity index (χ3v) is 5.39. The second-order valence-electron chi connectivity index (χ2n) is 6.38. The van der Waals surface area contributed by atoms with Crippen molar-refractivity contribution in [2.24, 2.45) is 17.8 Å². The maximum Gasteiger partial charge on any atom is 0.407 e. The van der Waals surface area contributed by atoms with Crippen LogP contribution >= 0.6 is 0 Å². The summed E-state index contributed by atoms with van der Waals surface area (Å²) in [6.45, 7) is 7.25. The lowest BCUT2D eigenvalue weighted by molar-refractivity contribution is -0.341. The fraction of sp³-hybridized carbons (Fsp3) is 0.938. The van der Waals surface area contributed by atoms with Crippen molar-refractivity contribution in [2.45, 2.75) is 51.2 Å². The third-order valence-electron chi connectivity index (χ3n) is 5.39. The number of carbonyl (C=O) groups is 1. The molecule has 7 heteroatoms. The molecular weight excluding hydrogens is 302 g/mol. The van der Waals surface area contributed by atoms with Gasteiger partial charge in [-0.25, -0.2) is 4.79 Å². The lowest BCUT2D eigenvalue weighted by Crippen LogP contribution is -2.63. The average Bonchev–Trinajstić information content (AvgIpc) is 2.66. The Bertz CT molecular complexity index is 438. The van der Waals surface area contributed by atoms with E-state index in [-0.39, 0.29) is 29.9 Å². The number of hydrogen-bond acceptors (Lipinski definition) is 6. The van der Waals surface area contributed by atoms with Crippen molar-refractivity contribution in [3.8, 4) is 0 Å². The zero-order chi connectivity index (χ0) is 16.6. The second kappa shape index (κ2) is 6.55. The predicted molar refractivity (Wildman–Crippen MR) is 80.8 cm³/mol. The van der Waals surface area contributed by atoms with Crippen LogP contribution < -0.4 is 5.32 Å². The summed E-state index contributed by atoms with van der Waals surface area (Å²) >= 11 is 0. The van der Waals surface area contributed by atoms with Crippen LogP contribution in [0.5, 0.6) is 0 Å². The summed E-state index contributed by atoms with van der Waals surface area (Å²) in [5, 5.41) is 13.7. The molecule has 3 aliphatic rings. The molecule has 1 saturated heterocycles. The van der Waals surface area contributed by atoms with Crippen LogP contribution in [0, 0.1) is 17.8 Å². The van der Waals surface area contributed by atoms with Gasteiger partial charge >= 0.3 is 6.09 Å². The Kier molecular flexibility index (Phi) is 4.83. The van der Waals surface area contributed by atoms with Crippen LogP contribution in [0.4, 0.5) is 4.79 Å². The third kappa shape index (κ3) is 2.54. The highest BCUT2D eigenvalue weighted by Crippen LogP contribution is 2.56. The lowest BCUT2D eigenvalue weighted by Gasteiger charge is -2.50. The highest BCUT2D eigenvalue weighted by molar-refractivity contribution is 5.67. The number of fused-ring (bicyclic) bond motifs is 2. The van der Waals surface area contributed by atoms with Gasteiger partial charge in [-0.1, -0.05) is 0 Å². The summed E-state index contributed by atoms with van der Waals surface area (Å²) < 4.78 is 23.0. The SMILES string of the molecule is CCOC(=O)N[C@@H]1[C@H]2CO[C@H]3C[C@H]2[C@H](O)[C@H]1C3(OCC)OCC. The minimum atomic E-state index is -1.02. The summed E-state index contributed by atoms with van der Waals surface area (Å²) in [6.07, 6.45) is -0.581. The molecule has 6 atom stereocenters. The number of rotatable bonds is 6. The minimum absolute atomic E-state index is 0.0541. The number of aliphatic hydroxyl groups excluding tert-OH is 1. The molecule has 2 N–H and O–H groups in total. The topological polar surface area (TPSA) is 86.3 Å². The molecule has 3 bridgehead atoms. The highest BCUT2D eigenvalue weighted by atomic mass is 16.7. The van der Waals surface area contributed by atoms with Gasteiger partial charge < -0.3 is 29.4 Å². The van der Waals surface area contributed by atoms with Gasteiger partial charge in [0.1, 0.15) is 6.10 Å². The van der Waals surface area contributed by atoms with E-state index in [4.69, 9.17) is 18.9 Å². The largest absolute Gasteiger partial charge is 0.450 e. The van der Waals surface area contributed by atoms with Crippen molar-refractivity contribution in [2.75, 3.05) is 26.4 Å². The first-order valence-corrected chi connectivity index (χ1v) is 8.59. The number of alkyl carbamates (subject to hydrolysis) is 1. The summed E-state index contributed by atoms with van der Waals surface area (Å²) in [6, 6.07) is -0.278. The van der Waals surface area contributed by atoms with Gasteiger partial charge in [0.2, 0.25) is 5.79 Å². The Morgan fingerprint density at radius 1 is 1.22 bits per heavy atom. The molecule has 1 aliphatic heterocycles. The Balaban J connectivity index is 1.93. The van der Waals surface area contributed by atoms with E-state index in [9.17, 15) is 9.90 Å². The van der Waals surface area contributed by atoms with E-state index in [0.29, 0.717) is 32.8 Å². The zero-order valence-electron chi connectivity index (χ0n) is 14.0. The molecule has 0 spiro atoms. The number of amides is 1. The van der Waals surface area contributed by atoms with Gasteiger partial charge in [0, 0.05) is 25.2 Å². The Morgan fingerprint density at radius 3 is 2.52 bits per heavy atom. The summed E-state index contributed by atoms with van der Waals surface area (Å²) in [7, 11) is 0. The van der Waals surface area contributed by atoms with Gasteiger partial charge in [0.05, 0.1) is 25.2 Å². The molecule has 0 aromatic heterocycles. The van der Waals surface area contributed by atoms with Gasteiger partial charge in [0.25, 0.3) is 0 Å². The van der Waals surface area contributed by atoms with Gasteiger partial charge in [-0.2, -0.15) is 0 Å². The number of carbonyl (C=O) groups excluding carboxylic acids is 1. The Hall–Kier alpha value is -0.890. The summed E-state index contributed by atoms with van der Waals surface area (Å²) in [5.74, 6) is -1.23. The van der Waals surface area contributed by atoms with Crippen LogP contribution in [0.15, 0.2) is 0 Å². The van der Waals surface area contributed by atoms with Crippen LogP contribution in [-0.2, 0) is 18.9 Å². The molecule has 1 heterocycles. The monoisotopic (exact) mass is 329 g/mol. The number of ether oxygens (including phenoxy) is 4. The molecule has 2 aliphatic carbocycles. The van der Waals surface area contributed by atoms with E-state index < -0.39 is 18.0 Å². The second-order valence-corrected chi connectivity index (χ2v) is 6.38. The van der Waals surface area contributed by atoms with E-state index in [0.717, 1.165) is 0 Å². The maximum absolute atomic E-state index is 12.0. The number of aliphatic hydroxyl groups is 1. The van der Waals surface area contributed by atoms with Crippen LogP contribution in [0.25, 0.3) is 0 Å². The smallest absolute Gasteiger partial charge is 0.407 e.